The largest absolute Gasteiger partial charge is 0.416 e. The molecule has 1 aromatic heterocycles. The molecular formula is C28H26ClF3N4O2. The summed E-state index contributed by atoms with van der Waals surface area (Å²) in [6.45, 7) is 1.96. The number of likely N-dealkylation sites (tertiary alicyclic amines) is 1. The summed E-state index contributed by atoms with van der Waals surface area (Å²) < 4.78 is 40.9. The first kappa shape index (κ1) is 26.2. The average Bonchev–Trinajstić information content (AvgIpc) is 3.43. The van der Waals surface area contributed by atoms with Gasteiger partial charge in [0.1, 0.15) is 5.69 Å². The van der Waals surface area contributed by atoms with Crippen molar-refractivity contribution >= 4 is 29.0 Å². The molecule has 0 bridgehead atoms. The zero-order valence-electron chi connectivity index (χ0n) is 20.6. The average molecular weight is 543 g/mol. The predicted molar refractivity (Wildman–Crippen MR) is 137 cm³/mol. The van der Waals surface area contributed by atoms with Crippen LogP contribution in [0.25, 0.3) is 0 Å². The van der Waals surface area contributed by atoms with Crippen molar-refractivity contribution in [3.05, 3.63) is 87.2 Å². The number of ketones is 1. The van der Waals surface area contributed by atoms with Crippen LogP contribution in [0.1, 0.15) is 62.5 Å². The van der Waals surface area contributed by atoms with Crippen LogP contribution in [0.15, 0.2) is 48.5 Å². The van der Waals surface area contributed by atoms with Crippen LogP contribution in [0.5, 0.6) is 0 Å². The van der Waals surface area contributed by atoms with Crippen molar-refractivity contribution in [2.75, 3.05) is 24.5 Å². The van der Waals surface area contributed by atoms with Gasteiger partial charge in [-0.2, -0.15) is 18.3 Å². The Kier molecular flexibility index (Phi) is 7.38. The van der Waals surface area contributed by atoms with Crippen molar-refractivity contribution in [2.45, 2.75) is 44.8 Å². The lowest BCUT2D eigenvalue weighted by molar-refractivity contribution is -0.138. The van der Waals surface area contributed by atoms with Crippen LogP contribution in [-0.2, 0) is 25.6 Å². The molecule has 0 atom stereocenters. The molecule has 2 aromatic carbocycles. The molecule has 2 aliphatic heterocycles. The van der Waals surface area contributed by atoms with Gasteiger partial charge in [-0.25, -0.2) is 0 Å². The highest BCUT2D eigenvalue weighted by Gasteiger charge is 2.34. The van der Waals surface area contributed by atoms with Gasteiger partial charge in [-0.15, -0.1) is 5.10 Å². The minimum Gasteiger partial charge on any atom is -0.366 e. The van der Waals surface area contributed by atoms with E-state index >= 15 is 0 Å². The Morgan fingerprint density at radius 1 is 0.947 bits per heavy atom. The molecule has 0 aliphatic carbocycles. The molecule has 3 heterocycles. The van der Waals surface area contributed by atoms with Gasteiger partial charge < -0.3 is 9.80 Å². The number of halogens is 4. The molecule has 2 aliphatic rings. The fourth-order valence-electron chi connectivity index (χ4n) is 5.09. The first-order valence-electron chi connectivity index (χ1n) is 12.6. The van der Waals surface area contributed by atoms with Crippen molar-refractivity contribution in [3.63, 3.8) is 0 Å². The van der Waals surface area contributed by atoms with E-state index in [0.717, 1.165) is 32.0 Å². The Bertz CT molecular complexity index is 1370. The molecule has 1 amide bonds. The number of hydrogen-bond acceptors (Lipinski definition) is 5. The maximum atomic E-state index is 13.6. The first-order chi connectivity index (χ1) is 18.2. The number of anilines is 1. The number of rotatable bonds is 6. The number of Topliss-reactive ketones (excluding diaryl/α,β-unsaturated/α-hetero) is 1. The summed E-state index contributed by atoms with van der Waals surface area (Å²) in [5.41, 5.74) is 1.92. The summed E-state index contributed by atoms with van der Waals surface area (Å²) in [5, 5.41) is 8.58. The van der Waals surface area contributed by atoms with Crippen LogP contribution in [0.3, 0.4) is 0 Å². The summed E-state index contributed by atoms with van der Waals surface area (Å²) in [6.07, 6.45) is -1.17. The lowest BCUT2D eigenvalue weighted by Crippen LogP contribution is -2.31. The highest BCUT2D eigenvalue weighted by molar-refractivity contribution is 6.30. The number of aryl methyl sites for hydroxylation is 1. The van der Waals surface area contributed by atoms with Crippen LogP contribution < -0.4 is 4.90 Å². The van der Waals surface area contributed by atoms with Gasteiger partial charge in [-0.1, -0.05) is 23.7 Å². The summed E-state index contributed by atoms with van der Waals surface area (Å²) >= 11 is 6.02. The number of aromatic nitrogens is 2. The molecule has 0 saturated carbocycles. The normalized spacial score (nSPS) is 15.5. The molecule has 0 N–H and O–H groups in total. The van der Waals surface area contributed by atoms with Gasteiger partial charge >= 0.3 is 6.18 Å². The van der Waals surface area contributed by atoms with E-state index in [1.54, 1.807) is 35.2 Å². The number of amides is 1. The van der Waals surface area contributed by atoms with E-state index in [9.17, 15) is 22.8 Å². The molecule has 1 fully saturated rings. The Labute approximate surface area is 223 Å². The molecule has 38 heavy (non-hydrogen) atoms. The second-order valence-corrected chi connectivity index (χ2v) is 10.1. The van der Waals surface area contributed by atoms with E-state index in [1.165, 1.54) is 12.1 Å². The molecule has 5 rings (SSSR count). The van der Waals surface area contributed by atoms with E-state index < -0.39 is 11.7 Å². The van der Waals surface area contributed by atoms with E-state index in [1.807, 2.05) is 4.90 Å². The van der Waals surface area contributed by atoms with Crippen LogP contribution >= 0.6 is 11.6 Å². The van der Waals surface area contributed by atoms with Crippen LogP contribution in [0, 0.1) is 0 Å². The number of alkyl halides is 3. The molecule has 1 saturated heterocycles. The molecule has 6 nitrogen and oxygen atoms in total. The molecule has 0 radical (unpaired) electrons. The lowest BCUT2D eigenvalue weighted by atomic mass is 10.0. The Morgan fingerprint density at radius 3 is 2.50 bits per heavy atom. The molecule has 10 heteroatoms. The summed E-state index contributed by atoms with van der Waals surface area (Å²) in [5.74, 6) is -0.324. The van der Waals surface area contributed by atoms with Gasteiger partial charge in [0.25, 0.3) is 5.91 Å². The van der Waals surface area contributed by atoms with Crippen molar-refractivity contribution in [2.24, 2.45) is 0 Å². The van der Waals surface area contributed by atoms with Gasteiger partial charge in [-0.05, 0) is 73.2 Å². The summed E-state index contributed by atoms with van der Waals surface area (Å²) in [7, 11) is 0. The quantitative estimate of drug-likeness (QED) is 0.370. The third-order valence-corrected chi connectivity index (χ3v) is 7.22. The summed E-state index contributed by atoms with van der Waals surface area (Å²) in [4.78, 5) is 29.5. The Balaban J connectivity index is 1.37. The third-order valence-electron chi connectivity index (χ3n) is 6.98. The van der Waals surface area contributed by atoms with Crippen LogP contribution in [0.2, 0.25) is 5.02 Å². The van der Waals surface area contributed by atoms with Crippen molar-refractivity contribution < 1.29 is 22.8 Å². The molecular weight excluding hydrogens is 517 g/mol. The zero-order valence-corrected chi connectivity index (χ0v) is 21.4. The van der Waals surface area contributed by atoms with Crippen molar-refractivity contribution in [1.82, 2.24) is 15.1 Å². The molecule has 0 unspecified atom stereocenters. The maximum absolute atomic E-state index is 13.6. The van der Waals surface area contributed by atoms with Gasteiger partial charge in [0.05, 0.1) is 16.9 Å². The number of hydrogen-bond donors (Lipinski definition) is 0. The Morgan fingerprint density at radius 2 is 1.74 bits per heavy atom. The zero-order chi connectivity index (χ0) is 26.9. The second kappa shape index (κ2) is 10.7. The number of carbonyl (C=O) groups excluding carboxylic acids is 2. The number of benzene rings is 2. The second-order valence-electron chi connectivity index (χ2n) is 9.69. The van der Waals surface area contributed by atoms with E-state index in [0.29, 0.717) is 41.9 Å². The number of nitrogens with zero attached hydrogens (tertiary/aromatic N) is 4. The fraction of sp³-hybridized carbons (Fsp3) is 0.357. The van der Waals surface area contributed by atoms with Crippen molar-refractivity contribution in [3.8, 4) is 0 Å². The SMILES string of the molecule is O=C(Cc1cccc(C(=O)N2CCCC2)c1)c1cc2c(nn1)CCCN2Cc1cc(Cl)ccc1C(F)(F)F. The van der Waals surface area contributed by atoms with E-state index in [-0.39, 0.29) is 40.9 Å². The Hall–Kier alpha value is -3.46. The monoisotopic (exact) mass is 542 g/mol. The molecule has 0 spiro atoms. The van der Waals surface area contributed by atoms with E-state index in [2.05, 4.69) is 10.2 Å². The topological polar surface area (TPSA) is 66.4 Å². The summed E-state index contributed by atoms with van der Waals surface area (Å²) in [6, 6.07) is 12.2. The van der Waals surface area contributed by atoms with Gasteiger partial charge in [-0.3, -0.25) is 9.59 Å². The minimum atomic E-state index is -4.51. The van der Waals surface area contributed by atoms with E-state index in [4.69, 9.17) is 11.6 Å². The van der Waals surface area contributed by atoms with Gasteiger partial charge in [0.15, 0.2) is 5.78 Å². The maximum Gasteiger partial charge on any atom is 0.416 e. The van der Waals surface area contributed by atoms with Crippen LogP contribution in [-0.4, -0.2) is 46.4 Å². The highest BCUT2D eigenvalue weighted by Crippen LogP contribution is 2.36. The number of fused-ring (bicyclic) bond motifs is 1. The number of carbonyl (C=O) groups is 2. The smallest absolute Gasteiger partial charge is 0.366 e. The first-order valence-corrected chi connectivity index (χ1v) is 13.0. The molecule has 198 valence electrons. The minimum absolute atomic E-state index is 0.0254. The van der Waals surface area contributed by atoms with Crippen molar-refractivity contribution in [1.29, 1.82) is 0 Å². The molecule has 3 aromatic rings. The van der Waals surface area contributed by atoms with Gasteiger partial charge in [0.2, 0.25) is 0 Å². The fourth-order valence-corrected chi connectivity index (χ4v) is 5.28. The standard InChI is InChI=1S/C28H26ClF3N4O2/c29-21-8-9-22(28(30,31)32)20(15-21)17-36-12-4-7-23-25(36)16-24(34-33-23)26(37)14-18-5-3-6-19(13-18)27(38)35-10-1-2-11-35/h3,5-6,8-9,13,15-16H,1-2,4,7,10-12,14,17H2. The third kappa shape index (κ3) is 5.67. The lowest BCUT2D eigenvalue weighted by Gasteiger charge is -2.31. The van der Waals surface area contributed by atoms with Crippen LogP contribution in [0.4, 0.5) is 18.9 Å². The highest BCUT2D eigenvalue weighted by atomic mass is 35.5. The predicted octanol–water partition coefficient (Wildman–Crippen LogP) is 5.76. The van der Waals surface area contributed by atoms with Gasteiger partial charge in [0, 0.05) is 43.2 Å².